The lowest BCUT2D eigenvalue weighted by Gasteiger charge is -2.37. The van der Waals surface area contributed by atoms with Gasteiger partial charge in [-0.05, 0) is 43.9 Å². The van der Waals surface area contributed by atoms with Gasteiger partial charge >= 0.3 is 0 Å². The van der Waals surface area contributed by atoms with E-state index in [9.17, 15) is 14.9 Å². The van der Waals surface area contributed by atoms with E-state index in [-0.39, 0.29) is 17.0 Å². The van der Waals surface area contributed by atoms with Gasteiger partial charge in [0.2, 0.25) is 0 Å². The Hall–Kier alpha value is -2.87. The molecule has 1 aromatic carbocycles. The van der Waals surface area contributed by atoms with Crippen molar-refractivity contribution in [3.8, 4) is 6.07 Å². The molecule has 0 aliphatic carbocycles. The second-order valence-electron chi connectivity index (χ2n) is 6.69. The Morgan fingerprint density at radius 3 is 2.40 bits per heavy atom. The number of pyridine rings is 1. The lowest BCUT2D eigenvalue weighted by molar-refractivity contribution is 0.0689. The average Bonchev–Trinajstić information content (AvgIpc) is 2.61. The van der Waals surface area contributed by atoms with Crippen molar-refractivity contribution >= 4 is 5.91 Å². The third-order valence-electron chi connectivity index (χ3n) is 5.02. The van der Waals surface area contributed by atoms with Crippen molar-refractivity contribution in [3.05, 3.63) is 69.1 Å². The third-order valence-corrected chi connectivity index (χ3v) is 5.02. The van der Waals surface area contributed by atoms with Gasteiger partial charge in [0.05, 0.1) is 11.5 Å². The van der Waals surface area contributed by atoms with Crippen molar-refractivity contribution in [2.75, 3.05) is 13.1 Å². The number of carbonyl (C=O) groups is 1. The molecular formula is C20H21N3O2. The molecule has 1 aromatic heterocycles. The van der Waals surface area contributed by atoms with Crippen LogP contribution in [0, 0.1) is 25.2 Å². The summed E-state index contributed by atoms with van der Waals surface area (Å²) in [4.78, 5) is 29.4. The summed E-state index contributed by atoms with van der Waals surface area (Å²) in [5.41, 5.74) is 1.72. The summed E-state index contributed by atoms with van der Waals surface area (Å²) in [5, 5.41) is 9.75. The molecular weight excluding hydrogens is 314 g/mol. The van der Waals surface area contributed by atoms with Gasteiger partial charge < -0.3 is 9.88 Å². The lowest BCUT2D eigenvalue weighted by atomic mass is 9.74. The first-order chi connectivity index (χ1) is 12.0. The zero-order valence-corrected chi connectivity index (χ0v) is 14.5. The minimum Gasteiger partial charge on any atom is -0.338 e. The van der Waals surface area contributed by atoms with E-state index < -0.39 is 5.41 Å². The number of hydrogen-bond acceptors (Lipinski definition) is 3. The Morgan fingerprint density at radius 1 is 1.20 bits per heavy atom. The number of nitrogens with zero attached hydrogens (tertiary/aromatic N) is 2. The van der Waals surface area contributed by atoms with Crippen LogP contribution < -0.4 is 5.56 Å². The van der Waals surface area contributed by atoms with Crippen LogP contribution in [0.2, 0.25) is 0 Å². The van der Waals surface area contributed by atoms with Gasteiger partial charge in [0.25, 0.3) is 11.5 Å². The van der Waals surface area contributed by atoms with E-state index in [1.807, 2.05) is 36.4 Å². The number of carbonyl (C=O) groups excluding carboxylic acids is 1. The Balaban J connectivity index is 1.82. The van der Waals surface area contributed by atoms with Crippen molar-refractivity contribution < 1.29 is 4.79 Å². The molecule has 5 nitrogen and oxygen atoms in total. The highest BCUT2D eigenvalue weighted by molar-refractivity contribution is 5.95. The van der Waals surface area contributed by atoms with Crippen molar-refractivity contribution in [1.29, 1.82) is 5.26 Å². The number of nitrogens with one attached hydrogen (secondary N) is 1. The predicted molar refractivity (Wildman–Crippen MR) is 95.4 cm³/mol. The van der Waals surface area contributed by atoms with Crippen molar-refractivity contribution in [1.82, 2.24) is 9.88 Å². The lowest BCUT2D eigenvalue weighted by Crippen LogP contribution is -2.46. The van der Waals surface area contributed by atoms with Crippen LogP contribution in [0.5, 0.6) is 0 Å². The molecule has 0 unspecified atom stereocenters. The summed E-state index contributed by atoms with van der Waals surface area (Å²) in [7, 11) is 0. The highest BCUT2D eigenvalue weighted by atomic mass is 16.2. The number of likely N-dealkylation sites (tertiary alicyclic amines) is 1. The number of amides is 1. The number of aromatic amines is 1. The third kappa shape index (κ3) is 3.08. The topological polar surface area (TPSA) is 77.0 Å². The normalized spacial score (nSPS) is 16.3. The molecule has 2 aromatic rings. The SMILES string of the molecule is Cc1cc(C)c(C(=O)N2CCC(C#N)(c3ccccc3)CC2)c(=O)[nH]1. The minimum absolute atomic E-state index is 0.203. The van der Waals surface area contributed by atoms with Crippen LogP contribution in [0.3, 0.4) is 0 Å². The highest BCUT2D eigenvalue weighted by Crippen LogP contribution is 2.35. The molecule has 1 saturated heterocycles. The van der Waals surface area contributed by atoms with Crippen LogP contribution in [-0.2, 0) is 5.41 Å². The number of nitriles is 1. The Bertz CT molecular complexity index is 885. The summed E-state index contributed by atoms with van der Waals surface area (Å²) in [5.74, 6) is -0.252. The fourth-order valence-electron chi connectivity index (χ4n) is 3.59. The first-order valence-electron chi connectivity index (χ1n) is 8.43. The molecule has 1 aliphatic rings. The molecule has 1 fully saturated rings. The molecule has 3 rings (SSSR count). The van der Waals surface area contributed by atoms with Crippen molar-refractivity contribution in [3.63, 3.8) is 0 Å². The number of rotatable bonds is 2. The monoisotopic (exact) mass is 335 g/mol. The standard InChI is InChI=1S/C20H21N3O2/c1-14-12-15(2)22-18(24)17(14)19(25)23-10-8-20(13-21,9-11-23)16-6-4-3-5-7-16/h3-7,12H,8-11H2,1-2H3,(H,22,24). The maximum atomic E-state index is 12.8. The number of benzene rings is 1. The number of piperidine rings is 1. The minimum atomic E-state index is -0.563. The second-order valence-corrected chi connectivity index (χ2v) is 6.69. The van der Waals surface area contributed by atoms with E-state index in [4.69, 9.17) is 0 Å². The number of hydrogen-bond donors (Lipinski definition) is 1. The molecule has 1 amide bonds. The zero-order valence-electron chi connectivity index (χ0n) is 14.5. The van der Waals surface area contributed by atoms with Crippen molar-refractivity contribution in [2.45, 2.75) is 32.1 Å². The molecule has 0 saturated carbocycles. The summed E-state index contributed by atoms with van der Waals surface area (Å²) >= 11 is 0. The van der Waals surface area contributed by atoms with Gasteiger partial charge in [0.15, 0.2) is 0 Å². The molecule has 1 N–H and O–H groups in total. The molecule has 0 spiro atoms. The van der Waals surface area contributed by atoms with Gasteiger partial charge in [0, 0.05) is 18.8 Å². The predicted octanol–water partition coefficient (Wildman–Crippen LogP) is 2.69. The number of aromatic nitrogens is 1. The fraction of sp³-hybridized carbons (Fsp3) is 0.350. The summed E-state index contributed by atoms with van der Waals surface area (Å²) in [6.07, 6.45) is 1.14. The molecule has 25 heavy (non-hydrogen) atoms. The van der Waals surface area contributed by atoms with E-state index in [1.54, 1.807) is 18.7 Å². The summed E-state index contributed by atoms with van der Waals surface area (Å²) in [6.45, 7) is 4.51. The molecule has 0 bridgehead atoms. The number of aryl methyl sites for hydroxylation is 2. The summed E-state index contributed by atoms with van der Waals surface area (Å²) < 4.78 is 0. The second kappa shape index (κ2) is 6.56. The van der Waals surface area contributed by atoms with Gasteiger partial charge in [-0.3, -0.25) is 9.59 Å². The largest absolute Gasteiger partial charge is 0.338 e. The zero-order chi connectivity index (χ0) is 18.0. The van der Waals surface area contributed by atoms with Gasteiger partial charge in [-0.15, -0.1) is 0 Å². The maximum Gasteiger partial charge on any atom is 0.261 e. The maximum absolute atomic E-state index is 12.8. The van der Waals surface area contributed by atoms with Crippen molar-refractivity contribution in [2.24, 2.45) is 0 Å². The Morgan fingerprint density at radius 2 is 1.84 bits per heavy atom. The smallest absolute Gasteiger partial charge is 0.261 e. The van der Waals surface area contributed by atoms with Crippen LogP contribution in [0.4, 0.5) is 0 Å². The highest BCUT2D eigenvalue weighted by Gasteiger charge is 2.38. The summed E-state index contributed by atoms with van der Waals surface area (Å²) in [6, 6.07) is 14.0. The van der Waals surface area contributed by atoms with Crippen LogP contribution in [0.15, 0.2) is 41.2 Å². The van der Waals surface area contributed by atoms with Gasteiger partial charge in [-0.25, -0.2) is 0 Å². The van der Waals surface area contributed by atoms with E-state index in [1.165, 1.54) is 0 Å². The Labute approximate surface area is 146 Å². The quantitative estimate of drug-likeness (QED) is 0.916. The van der Waals surface area contributed by atoms with Gasteiger partial charge in [-0.2, -0.15) is 5.26 Å². The first-order valence-corrected chi connectivity index (χ1v) is 8.43. The number of H-pyrrole nitrogens is 1. The van der Waals surface area contributed by atoms with E-state index in [2.05, 4.69) is 11.1 Å². The van der Waals surface area contributed by atoms with E-state index >= 15 is 0 Å². The molecule has 1 aliphatic heterocycles. The molecule has 2 heterocycles. The van der Waals surface area contributed by atoms with Crippen LogP contribution in [0.25, 0.3) is 0 Å². The van der Waals surface area contributed by atoms with Crippen LogP contribution in [-0.4, -0.2) is 28.9 Å². The molecule has 0 radical (unpaired) electrons. The molecule has 128 valence electrons. The Kier molecular flexibility index (Phi) is 4.45. The van der Waals surface area contributed by atoms with Crippen LogP contribution >= 0.6 is 0 Å². The molecule has 0 atom stereocenters. The molecule has 5 heteroatoms. The van der Waals surface area contributed by atoms with Crippen LogP contribution in [0.1, 0.15) is 40.0 Å². The van der Waals surface area contributed by atoms with E-state index in [0.29, 0.717) is 31.5 Å². The van der Waals surface area contributed by atoms with E-state index in [0.717, 1.165) is 11.3 Å². The van der Waals surface area contributed by atoms with Gasteiger partial charge in [0.1, 0.15) is 5.56 Å². The first kappa shape index (κ1) is 17.0. The van der Waals surface area contributed by atoms with Gasteiger partial charge in [-0.1, -0.05) is 30.3 Å². The average molecular weight is 335 g/mol. The fourth-order valence-corrected chi connectivity index (χ4v) is 3.59.